The van der Waals surface area contributed by atoms with Gasteiger partial charge in [0.25, 0.3) is 10.0 Å². The summed E-state index contributed by atoms with van der Waals surface area (Å²) in [7, 11) is -4.30. The zero-order valence-corrected chi connectivity index (χ0v) is 27.8. The highest BCUT2D eigenvalue weighted by Gasteiger charge is 2.35. The van der Waals surface area contributed by atoms with Gasteiger partial charge < -0.3 is 10.2 Å². The van der Waals surface area contributed by atoms with E-state index in [0.29, 0.717) is 0 Å². The zero-order valence-electron chi connectivity index (χ0n) is 26.9. The maximum atomic E-state index is 14.6. The third-order valence-corrected chi connectivity index (χ3v) is 10.4. The van der Waals surface area contributed by atoms with Gasteiger partial charge in [0.15, 0.2) is 0 Å². The fourth-order valence-corrected chi connectivity index (χ4v) is 7.49. The molecule has 47 heavy (non-hydrogen) atoms. The Balaban J connectivity index is 1.56. The van der Waals surface area contributed by atoms with Crippen molar-refractivity contribution in [3.8, 4) is 0 Å². The Kier molecular flexibility index (Phi) is 11.1. The highest BCUT2D eigenvalue weighted by molar-refractivity contribution is 7.92. The summed E-state index contributed by atoms with van der Waals surface area (Å²) < 4.78 is 43.0. The first-order valence-electron chi connectivity index (χ1n) is 16.1. The summed E-state index contributed by atoms with van der Waals surface area (Å²) in [6, 6.07) is 27.8. The molecule has 0 heterocycles. The van der Waals surface area contributed by atoms with Gasteiger partial charge in [0.05, 0.1) is 10.6 Å². The minimum absolute atomic E-state index is 0.0216. The van der Waals surface area contributed by atoms with Crippen molar-refractivity contribution in [1.82, 2.24) is 10.2 Å². The molecule has 1 saturated carbocycles. The molecule has 1 atom stereocenters. The molecule has 1 N–H and O–H groups in total. The highest BCUT2D eigenvalue weighted by Crippen LogP contribution is 2.26. The van der Waals surface area contributed by atoms with E-state index in [0.717, 1.165) is 70.8 Å². The number of halogens is 1. The Bertz CT molecular complexity index is 1760. The number of hydrogen-bond acceptors (Lipinski definition) is 4. The summed E-state index contributed by atoms with van der Waals surface area (Å²) in [4.78, 5) is 30.2. The Morgan fingerprint density at radius 2 is 1.47 bits per heavy atom. The van der Waals surface area contributed by atoms with E-state index < -0.39 is 34.3 Å². The summed E-state index contributed by atoms with van der Waals surface area (Å²) in [5.74, 6) is -1.36. The van der Waals surface area contributed by atoms with E-state index in [4.69, 9.17) is 0 Å². The van der Waals surface area contributed by atoms with Crippen molar-refractivity contribution in [2.24, 2.45) is 0 Å². The summed E-state index contributed by atoms with van der Waals surface area (Å²) >= 11 is 0. The van der Waals surface area contributed by atoms with Crippen molar-refractivity contribution in [2.45, 2.75) is 75.9 Å². The average Bonchev–Trinajstić information content (AvgIpc) is 3.06. The minimum atomic E-state index is -4.30. The van der Waals surface area contributed by atoms with Crippen molar-refractivity contribution >= 4 is 27.5 Å². The second-order valence-corrected chi connectivity index (χ2v) is 14.2. The van der Waals surface area contributed by atoms with Gasteiger partial charge in [0.2, 0.25) is 11.8 Å². The van der Waals surface area contributed by atoms with Gasteiger partial charge in [-0.3, -0.25) is 13.9 Å². The van der Waals surface area contributed by atoms with Crippen LogP contribution >= 0.6 is 0 Å². The number of amides is 2. The molecular formula is C38H42FN3O4S. The molecule has 1 fully saturated rings. The van der Waals surface area contributed by atoms with Crippen LogP contribution in [0.2, 0.25) is 0 Å². The molecule has 4 aromatic rings. The van der Waals surface area contributed by atoms with Crippen LogP contribution in [0.3, 0.4) is 0 Å². The fourth-order valence-electron chi connectivity index (χ4n) is 6.08. The number of benzene rings is 4. The number of aryl methyl sites for hydroxylation is 2. The molecule has 7 nitrogen and oxygen atoms in total. The van der Waals surface area contributed by atoms with E-state index in [9.17, 15) is 22.4 Å². The number of anilines is 1. The van der Waals surface area contributed by atoms with E-state index in [1.165, 1.54) is 17.0 Å². The van der Waals surface area contributed by atoms with E-state index in [2.05, 4.69) is 5.32 Å². The standard InChI is InChI=1S/C38H42FN3O4S/c1-28-16-20-34(21-17-28)42(47(45,46)35-22-18-32(39)19-23-35)27-37(43)41(26-31-13-9-10-29(2)24-31)36(25-30-11-5-3-6-12-30)38(44)40-33-14-7-4-8-15-33/h3,5-6,9-13,16-24,33,36H,4,7-8,14-15,25-27H2,1-2H3,(H,40,44). The lowest BCUT2D eigenvalue weighted by atomic mass is 9.94. The van der Waals surface area contributed by atoms with Gasteiger partial charge in [-0.05, 0) is 74.2 Å². The van der Waals surface area contributed by atoms with E-state index in [1.807, 2.05) is 68.4 Å². The van der Waals surface area contributed by atoms with E-state index in [1.54, 1.807) is 24.3 Å². The van der Waals surface area contributed by atoms with Crippen LogP contribution in [0.25, 0.3) is 0 Å². The number of carbonyl (C=O) groups is 2. The number of nitrogens with one attached hydrogen (secondary N) is 1. The molecule has 5 rings (SSSR count). The minimum Gasteiger partial charge on any atom is -0.352 e. The predicted molar refractivity (Wildman–Crippen MR) is 183 cm³/mol. The molecule has 4 aromatic carbocycles. The second-order valence-electron chi connectivity index (χ2n) is 12.4. The first kappa shape index (κ1) is 33.9. The molecule has 0 saturated heterocycles. The lowest BCUT2D eigenvalue weighted by Gasteiger charge is -2.35. The predicted octanol–water partition coefficient (Wildman–Crippen LogP) is 6.73. The summed E-state index contributed by atoms with van der Waals surface area (Å²) in [6.45, 7) is 3.39. The molecule has 9 heteroatoms. The third-order valence-electron chi connectivity index (χ3n) is 8.66. The van der Waals surface area contributed by atoms with E-state index >= 15 is 0 Å². The van der Waals surface area contributed by atoms with Crippen LogP contribution in [0.15, 0.2) is 108 Å². The molecule has 0 radical (unpaired) electrons. The Morgan fingerprint density at radius 1 is 0.809 bits per heavy atom. The van der Waals surface area contributed by atoms with Crippen LogP contribution in [0.4, 0.5) is 10.1 Å². The number of carbonyl (C=O) groups excluding carboxylic acids is 2. The Morgan fingerprint density at radius 3 is 2.13 bits per heavy atom. The maximum absolute atomic E-state index is 14.6. The Labute approximate surface area is 277 Å². The molecule has 0 spiro atoms. The first-order valence-corrected chi connectivity index (χ1v) is 17.6. The van der Waals surface area contributed by atoms with Crippen LogP contribution in [0.5, 0.6) is 0 Å². The van der Waals surface area contributed by atoms with Crippen molar-refractivity contribution in [3.05, 3.63) is 131 Å². The second kappa shape index (κ2) is 15.4. The third kappa shape index (κ3) is 8.86. The molecule has 2 amide bonds. The molecule has 0 aromatic heterocycles. The quantitative estimate of drug-likeness (QED) is 0.184. The number of rotatable bonds is 12. The fraction of sp³-hybridized carbons (Fsp3) is 0.316. The van der Waals surface area contributed by atoms with Gasteiger partial charge in [-0.2, -0.15) is 0 Å². The molecular weight excluding hydrogens is 614 g/mol. The molecule has 246 valence electrons. The number of hydrogen-bond donors (Lipinski definition) is 1. The molecule has 1 unspecified atom stereocenters. The molecule has 1 aliphatic carbocycles. The van der Waals surface area contributed by atoms with Crippen LogP contribution in [0, 0.1) is 19.7 Å². The van der Waals surface area contributed by atoms with Crippen LogP contribution in [-0.4, -0.2) is 43.8 Å². The van der Waals surface area contributed by atoms with Crippen molar-refractivity contribution in [1.29, 1.82) is 0 Å². The van der Waals surface area contributed by atoms with Gasteiger partial charge in [-0.25, -0.2) is 12.8 Å². The number of nitrogens with zero attached hydrogens (tertiary/aromatic N) is 2. The smallest absolute Gasteiger partial charge is 0.264 e. The van der Waals surface area contributed by atoms with Gasteiger partial charge in [0.1, 0.15) is 18.4 Å². The Hall–Kier alpha value is -4.50. The zero-order chi connectivity index (χ0) is 33.4. The SMILES string of the molecule is Cc1ccc(N(CC(=O)N(Cc2cccc(C)c2)C(Cc2ccccc2)C(=O)NC2CCCCC2)S(=O)(=O)c2ccc(F)cc2)cc1. The first-order chi connectivity index (χ1) is 22.6. The van der Waals surface area contributed by atoms with Crippen LogP contribution in [-0.2, 0) is 32.6 Å². The summed E-state index contributed by atoms with van der Waals surface area (Å²) in [5, 5.41) is 3.22. The van der Waals surface area contributed by atoms with Crippen molar-refractivity contribution in [2.75, 3.05) is 10.8 Å². The lowest BCUT2D eigenvalue weighted by Crippen LogP contribution is -2.55. The van der Waals surface area contributed by atoms with Crippen molar-refractivity contribution in [3.63, 3.8) is 0 Å². The summed E-state index contributed by atoms with van der Waals surface area (Å²) in [6.07, 6.45) is 5.22. The normalized spacial score (nSPS) is 14.3. The lowest BCUT2D eigenvalue weighted by molar-refractivity contribution is -0.140. The van der Waals surface area contributed by atoms with Crippen molar-refractivity contribution < 1.29 is 22.4 Å². The van der Waals surface area contributed by atoms with E-state index in [-0.39, 0.29) is 35.5 Å². The van der Waals surface area contributed by atoms with Crippen LogP contribution < -0.4 is 9.62 Å². The number of sulfonamides is 1. The molecule has 0 aliphatic heterocycles. The monoisotopic (exact) mass is 655 g/mol. The molecule has 0 bridgehead atoms. The topological polar surface area (TPSA) is 86.8 Å². The maximum Gasteiger partial charge on any atom is 0.264 e. The molecule has 1 aliphatic rings. The summed E-state index contributed by atoms with van der Waals surface area (Å²) in [5.41, 5.74) is 3.91. The average molecular weight is 656 g/mol. The highest BCUT2D eigenvalue weighted by atomic mass is 32.2. The van der Waals surface area contributed by atoms with Gasteiger partial charge in [-0.15, -0.1) is 0 Å². The van der Waals surface area contributed by atoms with Crippen LogP contribution in [0.1, 0.15) is 54.4 Å². The van der Waals surface area contributed by atoms with Gasteiger partial charge in [-0.1, -0.05) is 97.1 Å². The van der Waals surface area contributed by atoms with Gasteiger partial charge in [0, 0.05) is 19.0 Å². The van der Waals surface area contributed by atoms with Gasteiger partial charge >= 0.3 is 0 Å². The largest absolute Gasteiger partial charge is 0.352 e.